The average molecular weight is 383 g/mol. The molecule has 2 aromatic carbocycles. The summed E-state index contributed by atoms with van der Waals surface area (Å²) >= 11 is 0. The normalized spacial score (nSPS) is 10.4. The molecule has 144 valence electrons. The summed E-state index contributed by atoms with van der Waals surface area (Å²) in [5, 5.41) is 6.85. The standard InChI is InChI=1S/C20H18FN3O4/c1-27-16-6-4-3-5-13(16)12-22-20(26)19-17(28-2)11-18(25)24(23-19)15-9-7-14(21)8-10-15/h3-11H,12H2,1-2H3,(H,22,26). The third kappa shape index (κ3) is 4.01. The van der Waals surface area contributed by atoms with Crippen molar-refractivity contribution in [3.05, 3.63) is 82.0 Å². The Hall–Kier alpha value is -3.68. The van der Waals surface area contributed by atoms with E-state index in [9.17, 15) is 14.0 Å². The van der Waals surface area contributed by atoms with Crippen molar-refractivity contribution in [2.75, 3.05) is 14.2 Å². The van der Waals surface area contributed by atoms with Crippen LogP contribution in [0.3, 0.4) is 0 Å². The van der Waals surface area contributed by atoms with Gasteiger partial charge >= 0.3 is 0 Å². The molecule has 1 aromatic heterocycles. The van der Waals surface area contributed by atoms with Crippen molar-refractivity contribution in [3.8, 4) is 17.2 Å². The Morgan fingerprint density at radius 2 is 1.75 bits per heavy atom. The van der Waals surface area contributed by atoms with Gasteiger partial charge in [0, 0.05) is 12.1 Å². The van der Waals surface area contributed by atoms with E-state index in [1.807, 2.05) is 18.2 Å². The molecule has 0 spiro atoms. The molecule has 1 amide bonds. The van der Waals surface area contributed by atoms with Crippen LogP contribution < -0.4 is 20.3 Å². The van der Waals surface area contributed by atoms with Gasteiger partial charge in [-0.25, -0.2) is 4.39 Å². The number of benzene rings is 2. The fraction of sp³-hybridized carbons (Fsp3) is 0.150. The molecule has 0 aliphatic rings. The van der Waals surface area contributed by atoms with Crippen LogP contribution in [0.15, 0.2) is 59.4 Å². The fourth-order valence-electron chi connectivity index (χ4n) is 2.63. The van der Waals surface area contributed by atoms with E-state index in [-0.39, 0.29) is 18.0 Å². The van der Waals surface area contributed by atoms with E-state index in [0.29, 0.717) is 11.4 Å². The summed E-state index contributed by atoms with van der Waals surface area (Å²) in [6.45, 7) is 0.198. The molecule has 7 nitrogen and oxygen atoms in total. The topological polar surface area (TPSA) is 82.5 Å². The first-order valence-corrected chi connectivity index (χ1v) is 8.38. The minimum absolute atomic E-state index is 0.0425. The third-order valence-electron chi connectivity index (χ3n) is 4.03. The van der Waals surface area contributed by atoms with Gasteiger partial charge < -0.3 is 14.8 Å². The van der Waals surface area contributed by atoms with Crippen LogP contribution in [0.4, 0.5) is 4.39 Å². The van der Waals surface area contributed by atoms with Crippen molar-refractivity contribution < 1.29 is 18.7 Å². The maximum atomic E-state index is 13.2. The summed E-state index contributed by atoms with van der Waals surface area (Å²) in [5.74, 6) is -0.293. The van der Waals surface area contributed by atoms with Gasteiger partial charge in [-0.3, -0.25) is 9.59 Å². The number of aromatic nitrogens is 2. The monoisotopic (exact) mass is 383 g/mol. The van der Waals surface area contributed by atoms with E-state index in [1.54, 1.807) is 13.2 Å². The highest BCUT2D eigenvalue weighted by Crippen LogP contribution is 2.18. The number of hydrogen-bond acceptors (Lipinski definition) is 5. The van der Waals surface area contributed by atoms with Gasteiger partial charge in [0.25, 0.3) is 11.5 Å². The molecule has 1 N–H and O–H groups in total. The maximum Gasteiger partial charge on any atom is 0.275 e. The van der Waals surface area contributed by atoms with Crippen LogP contribution in [0.1, 0.15) is 16.1 Å². The van der Waals surface area contributed by atoms with Crippen LogP contribution in [0.2, 0.25) is 0 Å². The van der Waals surface area contributed by atoms with E-state index < -0.39 is 17.3 Å². The Morgan fingerprint density at radius 1 is 1.07 bits per heavy atom. The number of nitrogens with one attached hydrogen (secondary N) is 1. The van der Waals surface area contributed by atoms with Gasteiger partial charge in [0.15, 0.2) is 11.4 Å². The zero-order valence-corrected chi connectivity index (χ0v) is 15.3. The van der Waals surface area contributed by atoms with Crippen LogP contribution in [0, 0.1) is 5.82 Å². The number of methoxy groups -OCH3 is 2. The zero-order chi connectivity index (χ0) is 20.1. The minimum Gasteiger partial charge on any atom is -0.496 e. The second kappa shape index (κ2) is 8.34. The van der Waals surface area contributed by atoms with Crippen molar-refractivity contribution >= 4 is 5.91 Å². The molecule has 0 aliphatic heterocycles. The van der Waals surface area contributed by atoms with Gasteiger partial charge in [-0.05, 0) is 30.3 Å². The molecule has 0 saturated carbocycles. The largest absolute Gasteiger partial charge is 0.496 e. The molecule has 0 aliphatic carbocycles. The molecule has 1 heterocycles. The lowest BCUT2D eigenvalue weighted by Crippen LogP contribution is -2.29. The lowest BCUT2D eigenvalue weighted by molar-refractivity contribution is 0.0940. The van der Waals surface area contributed by atoms with Crippen molar-refractivity contribution in [1.29, 1.82) is 0 Å². The number of para-hydroxylation sites is 1. The molecule has 0 bridgehead atoms. The first kappa shape index (κ1) is 19.1. The van der Waals surface area contributed by atoms with Gasteiger partial charge in [0.05, 0.1) is 26.0 Å². The van der Waals surface area contributed by atoms with E-state index in [2.05, 4.69) is 10.4 Å². The highest BCUT2D eigenvalue weighted by molar-refractivity contribution is 5.94. The third-order valence-corrected chi connectivity index (χ3v) is 4.03. The summed E-state index contributed by atoms with van der Waals surface area (Å²) in [6.07, 6.45) is 0. The molecule has 0 saturated heterocycles. The van der Waals surface area contributed by atoms with E-state index in [1.165, 1.54) is 31.4 Å². The SMILES string of the molecule is COc1ccccc1CNC(=O)c1nn(-c2ccc(F)cc2)c(=O)cc1OC. The maximum absolute atomic E-state index is 13.2. The quantitative estimate of drug-likeness (QED) is 0.706. The van der Waals surface area contributed by atoms with E-state index in [0.717, 1.165) is 16.3 Å². The van der Waals surface area contributed by atoms with Gasteiger partial charge in [-0.2, -0.15) is 9.78 Å². The Labute approximate surface area is 160 Å². The lowest BCUT2D eigenvalue weighted by Gasteiger charge is -2.12. The van der Waals surface area contributed by atoms with Crippen LogP contribution in [0.5, 0.6) is 11.5 Å². The number of ether oxygens (including phenoxy) is 2. The van der Waals surface area contributed by atoms with E-state index >= 15 is 0 Å². The summed E-state index contributed by atoms with van der Waals surface area (Å²) < 4.78 is 24.6. The van der Waals surface area contributed by atoms with E-state index in [4.69, 9.17) is 9.47 Å². The molecule has 0 atom stereocenters. The molecular weight excluding hydrogens is 365 g/mol. The summed E-state index contributed by atoms with van der Waals surface area (Å²) in [7, 11) is 2.89. The van der Waals surface area contributed by atoms with Crippen LogP contribution in [-0.4, -0.2) is 29.9 Å². The first-order valence-electron chi connectivity index (χ1n) is 8.38. The van der Waals surface area contributed by atoms with Crippen molar-refractivity contribution in [1.82, 2.24) is 15.1 Å². The van der Waals surface area contributed by atoms with Gasteiger partial charge in [-0.1, -0.05) is 18.2 Å². The number of rotatable bonds is 6. The second-order valence-electron chi connectivity index (χ2n) is 5.78. The predicted octanol–water partition coefficient (Wildman–Crippen LogP) is 2.32. The molecule has 0 fully saturated rings. The lowest BCUT2D eigenvalue weighted by atomic mass is 10.2. The van der Waals surface area contributed by atoms with Crippen LogP contribution in [0.25, 0.3) is 5.69 Å². The van der Waals surface area contributed by atoms with Crippen molar-refractivity contribution in [2.45, 2.75) is 6.54 Å². The number of nitrogens with zero attached hydrogens (tertiary/aromatic N) is 2. The highest BCUT2D eigenvalue weighted by atomic mass is 19.1. The molecule has 8 heteroatoms. The van der Waals surface area contributed by atoms with Gasteiger partial charge in [0.1, 0.15) is 11.6 Å². The van der Waals surface area contributed by atoms with Gasteiger partial charge in [-0.15, -0.1) is 0 Å². The number of hydrogen-bond donors (Lipinski definition) is 1. The molecule has 3 rings (SSSR count). The Morgan fingerprint density at radius 3 is 2.43 bits per heavy atom. The Kier molecular flexibility index (Phi) is 5.69. The number of carbonyl (C=O) groups excluding carboxylic acids is 1. The Bertz CT molecular complexity index is 1050. The zero-order valence-electron chi connectivity index (χ0n) is 15.3. The average Bonchev–Trinajstić information content (AvgIpc) is 2.72. The second-order valence-corrected chi connectivity index (χ2v) is 5.78. The molecule has 0 unspecified atom stereocenters. The molecule has 28 heavy (non-hydrogen) atoms. The first-order chi connectivity index (χ1) is 13.5. The number of amides is 1. The summed E-state index contributed by atoms with van der Waals surface area (Å²) in [5.41, 5.74) is 0.531. The number of halogens is 1. The molecule has 0 radical (unpaired) electrons. The molecule has 3 aromatic rings. The fourth-order valence-corrected chi connectivity index (χ4v) is 2.63. The van der Waals surface area contributed by atoms with Crippen molar-refractivity contribution in [3.63, 3.8) is 0 Å². The van der Waals surface area contributed by atoms with Crippen LogP contribution in [-0.2, 0) is 6.54 Å². The van der Waals surface area contributed by atoms with Crippen molar-refractivity contribution in [2.24, 2.45) is 0 Å². The highest BCUT2D eigenvalue weighted by Gasteiger charge is 2.18. The summed E-state index contributed by atoms with van der Waals surface area (Å²) in [4.78, 5) is 25.0. The smallest absolute Gasteiger partial charge is 0.275 e. The molecular formula is C20H18FN3O4. The van der Waals surface area contributed by atoms with Crippen LogP contribution >= 0.6 is 0 Å². The Balaban J connectivity index is 1.91. The summed E-state index contributed by atoms with van der Waals surface area (Å²) in [6, 6.07) is 13.6. The minimum atomic E-state index is -0.529. The van der Waals surface area contributed by atoms with Gasteiger partial charge in [0.2, 0.25) is 0 Å². The predicted molar refractivity (Wildman–Crippen MR) is 101 cm³/mol. The number of carbonyl (C=O) groups is 1.